The monoisotopic (exact) mass is 424 g/mol. The molecular formula is C24H25F5O. The third kappa shape index (κ3) is 5.61. The lowest BCUT2D eigenvalue weighted by Gasteiger charge is -2.27. The summed E-state index contributed by atoms with van der Waals surface area (Å²) < 4.78 is 71.1. The minimum atomic E-state index is -3.06. The molecule has 3 rings (SSSR count). The molecule has 1 aliphatic rings. The molecule has 0 heterocycles. The van der Waals surface area contributed by atoms with Crippen molar-refractivity contribution in [2.24, 2.45) is 5.92 Å². The molecule has 6 heteroatoms. The molecule has 0 radical (unpaired) electrons. The van der Waals surface area contributed by atoms with E-state index >= 15 is 0 Å². The molecule has 1 fully saturated rings. The van der Waals surface area contributed by atoms with Gasteiger partial charge in [-0.2, -0.15) is 8.78 Å². The smallest absolute Gasteiger partial charge is 0.387 e. The molecule has 0 aromatic heterocycles. The van der Waals surface area contributed by atoms with E-state index in [1.807, 2.05) is 13.0 Å². The van der Waals surface area contributed by atoms with Crippen molar-refractivity contribution >= 4 is 6.08 Å². The Morgan fingerprint density at radius 1 is 0.967 bits per heavy atom. The molecule has 0 saturated heterocycles. The van der Waals surface area contributed by atoms with Crippen LogP contribution < -0.4 is 4.74 Å². The maximum atomic E-state index is 14.2. The average molecular weight is 424 g/mol. The van der Waals surface area contributed by atoms with Gasteiger partial charge in [0, 0.05) is 5.56 Å². The minimum absolute atomic E-state index is 0.0198. The predicted octanol–water partition coefficient (Wildman–Crippen LogP) is 7.65. The molecule has 2 aromatic carbocycles. The van der Waals surface area contributed by atoms with Crippen molar-refractivity contribution in [1.82, 2.24) is 0 Å². The second-order valence-electron chi connectivity index (χ2n) is 7.76. The standard InChI is InChI=1S/C24H25F5O/c1-2-3-16-12-20(25)19(21(26)13-16)10-6-15-4-7-17(8-5-15)18-9-11-23(22(27)14-18)30-24(28)29/h6,9-15,17,24H,2-5,7-8H2,1H3. The maximum Gasteiger partial charge on any atom is 0.387 e. The van der Waals surface area contributed by atoms with E-state index in [1.165, 1.54) is 30.3 Å². The summed E-state index contributed by atoms with van der Waals surface area (Å²) in [5.41, 5.74) is 1.39. The number of allylic oxidation sites excluding steroid dienone is 1. The first-order valence-corrected chi connectivity index (χ1v) is 10.3. The number of hydrogen-bond donors (Lipinski definition) is 0. The van der Waals surface area contributed by atoms with Crippen LogP contribution in [0.25, 0.3) is 6.08 Å². The Morgan fingerprint density at radius 3 is 2.20 bits per heavy atom. The molecular weight excluding hydrogens is 399 g/mol. The van der Waals surface area contributed by atoms with E-state index in [1.54, 1.807) is 6.07 Å². The Hall–Kier alpha value is -2.37. The number of alkyl halides is 2. The highest BCUT2D eigenvalue weighted by Gasteiger charge is 2.22. The number of halogens is 5. The first-order chi connectivity index (χ1) is 14.4. The van der Waals surface area contributed by atoms with Crippen LogP contribution in [0.2, 0.25) is 0 Å². The Kier molecular flexibility index (Phi) is 7.51. The van der Waals surface area contributed by atoms with Gasteiger partial charge in [-0.1, -0.05) is 31.6 Å². The summed E-state index contributed by atoms with van der Waals surface area (Å²) in [6, 6.07) is 6.88. The summed E-state index contributed by atoms with van der Waals surface area (Å²) in [6.07, 6.45) is 7.98. The summed E-state index contributed by atoms with van der Waals surface area (Å²) in [4.78, 5) is 0. The highest BCUT2D eigenvalue weighted by atomic mass is 19.3. The van der Waals surface area contributed by atoms with Gasteiger partial charge in [0.1, 0.15) is 11.6 Å². The quantitative estimate of drug-likeness (QED) is 0.415. The Morgan fingerprint density at radius 2 is 1.63 bits per heavy atom. The number of aryl methyl sites for hydroxylation is 1. The lowest BCUT2D eigenvalue weighted by atomic mass is 9.78. The van der Waals surface area contributed by atoms with E-state index in [9.17, 15) is 22.0 Å². The summed E-state index contributed by atoms with van der Waals surface area (Å²) in [5.74, 6) is -2.06. The van der Waals surface area contributed by atoms with Crippen LogP contribution >= 0.6 is 0 Å². The van der Waals surface area contributed by atoms with Crippen molar-refractivity contribution in [3.63, 3.8) is 0 Å². The molecule has 0 atom stereocenters. The number of rotatable bonds is 7. The van der Waals surface area contributed by atoms with E-state index in [4.69, 9.17) is 0 Å². The molecule has 1 aliphatic carbocycles. The first-order valence-electron chi connectivity index (χ1n) is 10.3. The van der Waals surface area contributed by atoms with Crippen molar-refractivity contribution in [3.05, 3.63) is 70.5 Å². The first kappa shape index (κ1) is 22.3. The van der Waals surface area contributed by atoms with Crippen LogP contribution in [-0.2, 0) is 6.42 Å². The molecule has 2 aromatic rings. The number of benzene rings is 2. The topological polar surface area (TPSA) is 9.23 Å². The Labute approximate surface area is 173 Å². The Balaban J connectivity index is 1.60. The molecule has 0 amide bonds. The zero-order valence-electron chi connectivity index (χ0n) is 16.8. The SMILES string of the molecule is CCCc1cc(F)c(C=CC2CCC(c3ccc(OC(F)F)c(F)c3)CC2)c(F)c1. The van der Waals surface area contributed by atoms with Gasteiger partial charge in [-0.25, -0.2) is 13.2 Å². The normalized spacial score (nSPS) is 19.6. The molecule has 30 heavy (non-hydrogen) atoms. The predicted molar refractivity (Wildman–Crippen MR) is 107 cm³/mol. The van der Waals surface area contributed by atoms with E-state index < -0.39 is 29.8 Å². The summed E-state index contributed by atoms with van der Waals surface area (Å²) in [6.45, 7) is -1.11. The fourth-order valence-electron chi connectivity index (χ4n) is 4.07. The van der Waals surface area contributed by atoms with Crippen molar-refractivity contribution in [1.29, 1.82) is 0 Å². The lowest BCUT2D eigenvalue weighted by Crippen LogP contribution is -2.12. The third-order valence-electron chi connectivity index (χ3n) is 5.63. The minimum Gasteiger partial charge on any atom is -0.432 e. The van der Waals surface area contributed by atoms with Crippen molar-refractivity contribution < 1.29 is 26.7 Å². The van der Waals surface area contributed by atoms with Gasteiger partial charge < -0.3 is 4.74 Å². The van der Waals surface area contributed by atoms with Gasteiger partial charge in [0.05, 0.1) is 0 Å². The molecule has 0 aliphatic heterocycles. The van der Waals surface area contributed by atoms with E-state index in [0.29, 0.717) is 12.0 Å². The highest BCUT2D eigenvalue weighted by Crippen LogP contribution is 2.38. The van der Waals surface area contributed by atoms with Crippen LogP contribution in [-0.4, -0.2) is 6.61 Å². The van der Waals surface area contributed by atoms with Crippen molar-refractivity contribution in [2.45, 2.75) is 58.0 Å². The highest BCUT2D eigenvalue weighted by molar-refractivity contribution is 5.52. The van der Waals surface area contributed by atoms with Gasteiger partial charge in [0.25, 0.3) is 0 Å². The molecule has 0 spiro atoms. The number of ether oxygens (including phenoxy) is 1. The third-order valence-corrected chi connectivity index (χ3v) is 5.63. The average Bonchev–Trinajstić information content (AvgIpc) is 2.69. The zero-order valence-corrected chi connectivity index (χ0v) is 16.8. The van der Waals surface area contributed by atoms with Gasteiger partial charge >= 0.3 is 6.61 Å². The van der Waals surface area contributed by atoms with Gasteiger partial charge in [0.2, 0.25) is 0 Å². The van der Waals surface area contributed by atoms with Crippen LogP contribution in [0.3, 0.4) is 0 Å². The van der Waals surface area contributed by atoms with Crippen LogP contribution in [0, 0.1) is 23.4 Å². The summed E-state index contributed by atoms with van der Waals surface area (Å²) in [7, 11) is 0. The molecule has 0 unspecified atom stereocenters. The lowest BCUT2D eigenvalue weighted by molar-refractivity contribution is -0.0522. The van der Waals surface area contributed by atoms with Gasteiger partial charge in [0.15, 0.2) is 11.6 Å². The summed E-state index contributed by atoms with van der Waals surface area (Å²) in [5, 5.41) is 0. The van der Waals surface area contributed by atoms with Crippen LogP contribution in [0.5, 0.6) is 5.75 Å². The molecule has 1 saturated carbocycles. The van der Waals surface area contributed by atoms with E-state index in [0.717, 1.165) is 37.7 Å². The fraction of sp³-hybridized carbons (Fsp3) is 0.417. The van der Waals surface area contributed by atoms with E-state index in [-0.39, 0.29) is 17.4 Å². The fourth-order valence-corrected chi connectivity index (χ4v) is 4.07. The van der Waals surface area contributed by atoms with Crippen LogP contribution in [0.4, 0.5) is 22.0 Å². The van der Waals surface area contributed by atoms with Crippen molar-refractivity contribution in [2.75, 3.05) is 0 Å². The Bertz CT molecular complexity index is 862. The molecule has 0 N–H and O–H groups in total. The number of hydrogen-bond acceptors (Lipinski definition) is 1. The summed E-state index contributed by atoms with van der Waals surface area (Å²) >= 11 is 0. The largest absolute Gasteiger partial charge is 0.432 e. The van der Waals surface area contributed by atoms with Crippen molar-refractivity contribution in [3.8, 4) is 5.75 Å². The van der Waals surface area contributed by atoms with Gasteiger partial charge in [-0.05, 0) is 79.3 Å². The zero-order chi connectivity index (χ0) is 21.7. The molecule has 162 valence electrons. The van der Waals surface area contributed by atoms with Crippen LogP contribution in [0.1, 0.15) is 61.6 Å². The molecule has 1 nitrogen and oxygen atoms in total. The maximum absolute atomic E-state index is 14.2. The second kappa shape index (κ2) is 10.1. The van der Waals surface area contributed by atoms with Crippen LogP contribution in [0.15, 0.2) is 36.4 Å². The van der Waals surface area contributed by atoms with Gasteiger partial charge in [-0.3, -0.25) is 0 Å². The second-order valence-corrected chi connectivity index (χ2v) is 7.76. The van der Waals surface area contributed by atoms with Gasteiger partial charge in [-0.15, -0.1) is 0 Å². The molecule has 0 bridgehead atoms. The van der Waals surface area contributed by atoms with E-state index in [2.05, 4.69) is 4.74 Å².